The summed E-state index contributed by atoms with van der Waals surface area (Å²) in [5.41, 5.74) is 2.60. The molecule has 0 saturated heterocycles. The topological polar surface area (TPSA) is 48.0 Å². The molecule has 0 fully saturated rings. The summed E-state index contributed by atoms with van der Waals surface area (Å²) < 4.78 is 16.9. The maximum Gasteiger partial charge on any atom is 0.231 e. The maximum atomic E-state index is 12.7. The highest BCUT2D eigenvalue weighted by atomic mass is 16.5. The Balaban J connectivity index is 1.52. The summed E-state index contributed by atoms with van der Waals surface area (Å²) in [5.74, 6) is 1.66. The molecular formula is C23H23NO4. The van der Waals surface area contributed by atoms with Crippen molar-refractivity contribution in [2.45, 2.75) is 13.0 Å². The molecule has 2 aliphatic heterocycles. The largest absolute Gasteiger partial charge is 0.478 e. The Bertz CT molecular complexity index is 918. The molecule has 2 aliphatic rings. The number of fused-ring (bicyclic) bond motifs is 3. The fourth-order valence-corrected chi connectivity index (χ4v) is 3.41. The van der Waals surface area contributed by atoms with Crippen LogP contribution in [0.1, 0.15) is 27.9 Å². The first-order valence-electron chi connectivity index (χ1n) is 9.42. The second kappa shape index (κ2) is 8.42. The van der Waals surface area contributed by atoms with Crippen LogP contribution in [-0.4, -0.2) is 37.7 Å². The number of nitrogens with zero attached hydrogens (tertiary/aromatic N) is 1. The third kappa shape index (κ3) is 3.86. The Hall–Kier alpha value is -2.89. The van der Waals surface area contributed by atoms with Crippen LogP contribution in [-0.2, 0) is 11.3 Å². The number of rotatable bonds is 6. The highest BCUT2D eigenvalue weighted by Crippen LogP contribution is 2.41. The average molecular weight is 377 g/mol. The molecule has 2 aromatic carbocycles. The molecule has 0 spiro atoms. The third-order valence-electron chi connectivity index (χ3n) is 4.84. The maximum absolute atomic E-state index is 12.7. The summed E-state index contributed by atoms with van der Waals surface area (Å²) >= 11 is 0. The van der Waals surface area contributed by atoms with Crippen LogP contribution in [0, 0.1) is 0 Å². The number of ether oxygens (including phenoxy) is 3. The Morgan fingerprint density at radius 3 is 2.86 bits per heavy atom. The van der Waals surface area contributed by atoms with Gasteiger partial charge in [0, 0.05) is 26.8 Å². The Morgan fingerprint density at radius 1 is 1.18 bits per heavy atom. The lowest BCUT2D eigenvalue weighted by Crippen LogP contribution is -2.33. The first-order valence-corrected chi connectivity index (χ1v) is 9.42. The van der Waals surface area contributed by atoms with Crippen LogP contribution in [0.4, 0.5) is 0 Å². The molecule has 0 amide bonds. The molecule has 5 nitrogen and oxygen atoms in total. The van der Waals surface area contributed by atoms with E-state index in [2.05, 4.69) is 4.90 Å². The Labute approximate surface area is 164 Å². The van der Waals surface area contributed by atoms with Crippen LogP contribution in [0.2, 0.25) is 0 Å². The summed E-state index contributed by atoms with van der Waals surface area (Å²) in [6, 6.07) is 13.6. The quantitative estimate of drug-likeness (QED) is 0.562. The minimum atomic E-state index is -0.0907. The molecule has 0 N–H and O–H groups in total. The van der Waals surface area contributed by atoms with Crippen molar-refractivity contribution < 1.29 is 19.0 Å². The molecule has 4 rings (SSSR count). The normalized spacial score (nSPS) is 17.5. The van der Waals surface area contributed by atoms with Gasteiger partial charge in [0.25, 0.3) is 0 Å². The molecule has 5 heteroatoms. The van der Waals surface area contributed by atoms with Gasteiger partial charge in [-0.25, -0.2) is 0 Å². The molecule has 28 heavy (non-hydrogen) atoms. The Morgan fingerprint density at radius 2 is 2.04 bits per heavy atom. The predicted molar refractivity (Wildman–Crippen MR) is 107 cm³/mol. The fraction of sp³-hybridized carbons (Fsp3) is 0.261. The fourth-order valence-electron chi connectivity index (χ4n) is 3.41. The molecule has 0 bridgehead atoms. The van der Waals surface area contributed by atoms with Crippen LogP contribution in [0.5, 0.6) is 11.5 Å². The van der Waals surface area contributed by atoms with E-state index < -0.39 is 0 Å². The molecular weight excluding hydrogens is 354 g/mol. The van der Waals surface area contributed by atoms with Crippen molar-refractivity contribution in [1.29, 1.82) is 0 Å². The minimum Gasteiger partial charge on any atom is -0.478 e. The summed E-state index contributed by atoms with van der Waals surface area (Å²) in [7, 11) is 1.70. The summed E-state index contributed by atoms with van der Waals surface area (Å²) in [5, 5.41) is 0. The summed E-state index contributed by atoms with van der Waals surface area (Å²) in [6.45, 7) is 2.81. The van der Waals surface area contributed by atoms with E-state index in [0.29, 0.717) is 37.0 Å². The number of allylic oxidation sites excluding steroid dienone is 3. The zero-order valence-electron chi connectivity index (χ0n) is 15.9. The Kier molecular flexibility index (Phi) is 5.55. The number of hydrogen-bond acceptors (Lipinski definition) is 5. The molecule has 144 valence electrons. The first kappa shape index (κ1) is 18.5. The van der Waals surface area contributed by atoms with Crippen molar-refractivity contribution in [2.75, 3.05) is 27.0 Å². The number of benzene rings is 2. The number of hydrogen-bond donors (Lipinski definition) is 0. The average Bonchev–Trinajstić information content (AvgIpc) is 3.05. The first-order chi connectivity index (χ1) is 13.8. The molecule has 0 saturated carbocycles. The van der Waals surface area contributed by atoms with Gasteiger partial charge in [0.05, 0.1) is 11.1 Å². The van der Waals surface area contributed by atoms with Crippen LogP contribution in [0.3, 0.4) is 0 Å². The van der Waals surface area contributed by atoms with Crippen LogP contribution >= 0.6 is 0 Å². The number of carbonyl (C=O) groups is 1. The van der Waals surface area contributed by atoms with Gasteiger partial charge >= 0.3 is 0 Å². The van der Waals surface area contributed by atoms with Crippen LogP contribution < -0.4 is 9.47 Å². The number of ketones is 1. The number of methoxy groups -OCH3 is 1. The van der Waals surface area contributed by atoms with Gasteiger partial charge in [-0.15, -0.1) is 0 Å². The van der Waals surface area contributed by atoms with Crippen molar-refractivity contribution in [1.82, 2.24) is 4.90 Å². The molecule has 0 atom stereocenters. The molecule has 0 unspecified atom stereocenters. The predicted octanol–water partition coefficient (Wildman–Crippen LogP) is 4.05. The van der Waals surface area contributed by atoms with Crippen molar-refractivity contribution in [2.24, 2.45) is 0 Å². The van der Waals surface area contributed by atoms with Gasteiger partial charge in [-0.2, -0.15) is 0 Å². The van der Waals surface area contributed by atoms with Crippen molar-refractivity contribution in [3.8, 4) is 11.5 Å². The van der Waals surface area contributed by atoms with E-state index in [4.69, 9.17) is 14.2 Å². The highest BCUT2D eigenvalue weighted by Gasteiger charge is 2.33. The van der Waals surface area contributed by atoms with Crippen LogP contribution in [0.25, 0.3) is 6.08 Å². The van der Waals surface area contributed by atoms with E-state index >= 15 is 0 Å². The van der Waals surface area contributed by atoms with E-state index in [0.717, 1.165) is 29.8 Å². The summed E-state index contributed by atoms with van der Waals surface area (Å²) in [6.07, 6.45) is 6.44. The van der Waals surface area contributed by atoms with Gasteiger partial charge in [-0.3, -0.25) is 9.69 Å². The second-order valence-corrected chi connectivity index (χ2v) is 6.82. The van der Waals surface area contributed by atoms with Crippen molar-refractivity contribution in [3.05, 3.63) is 77.1 Å². The number of carbonyl (C=O) groups excluding carboxylic acids is 1. The third-order valence-corrected chi connectivity index (χ3v) is 4.84. The molecule has 2 heterocycles. The van der Waals surface area contributed by atoms with E-state index in [1.54, 1.807) is 19.3 Å². The van der Waals surface area contributed by atoms with Gasteiger partial charge < -0.3 is 14.2 Å². The van der Waals surface area contributed by atoms with Crippen molar-refractivity contribution >= 4 is 11.9 Å². The number of Topliss-reactive ketones (excluding diaryl/α,β-unsaturated/α-hetero) is 1. The highest BCUT2D eigenvalue weighted by molar-refractivity contribution is 6.13. The zero-order valence-corrected chi connectivity index (χ0v) is 15.9. The lowest BCUT2D eigenvalue weighted by atomic mass is 10.0. The zero-order chi connectivity index (χ0) is 19.3. The standard InChI is InChI=1S/C23H23NO4/c1-26-14-6-13-24-15-19-20(27-16-24)12-11-18-22(25)21(28-23(18)19)10-5-9-17-7-3-2-4-8-17/h2-5,7-12H,6,13-16H2,1H3/b9-5+,21-10+. The molecule has 0 aliphatic carbocycles. The van der Waals surface area contributed by atoms with Gasteiger partial charge in [-0.1, -0.05) is 42.5 Å². The van der Waals surface area contributed by atoms with Gasteiger partial charge in [0.1, 0.15) is 18.2 Å². The van der Waals surface area contributed by atoms with E-state index in [1.807, 2.05) is 48.6 Å². The van der Waals surface area contributed by atoms with E-state index in [1.165, 1.54) is 0 Å². The van der Waals surface area contributed by atoms with Gasteiger partial charge in [-0.05, 0) is 30.2 Å². The van der Waals surface area contributed by atoms with E-state index in [-0.39, 0.29) is 5.78 Å². The lowest BCUT2D eigenvalue weighted by Gasteiger charge is -2.29. The monoisotopic (exact) mass is 377 g/mol. The lowest BCUT2D eigenvalue weighted by molar-refractivity contribution is 0.0823. The SMILES string of the molecule is COCCCN1COc2ccc3c(c2C1)O/C(=C/C=C/c1ccccc1)C3=O. The second-order valence-electron chi connectivity index (χ2n) is 6.82. The van der Waals surface area contributed by atoms with Crippen LogP contribution in [0.15, 0.2) is 60.4 Å². The van der Waals surface area contributed by atoms with Gasteiger partial charge in [0.15, 0.2) is 5.76 Å². The summed E-state index contributed by atoms with van der Waals surface area (Å²) in [4.78, 5) is 14.9. The minimum absolute atomic E-state index is 0.0907. The van der Waals surface area contributed by atoms with E-state index in [9.17, 15) is 4.79 Å². The molecule has 2 aromatic rings. The molecule has 0 aromatic heterocycles. The molecule has 0 radical (unpaired) electrons. The van der Waals surface area contributed by atoms with Gasteiger partial charge in [0.2, 0.25) is 5.78 Å². The van der Waals surface area contributed by atoms with Crippen molar-refractivity contribution in [3.63, 3.8) is 0 Å². The smallest absolute Gasteiger partial charge is 0.231 e.